The molecule has 1 aromatic heterocycles. The van der Waals surface area contributed by atoms with Crippen molar-refractivity contribution in [1.82, 2.24) is 14.9 Å². The number of aromatic nitrogens is 2. The molecule has 0 radical (unpaired) electrons. The number of anilines is 3. The number of hydrogen-bond acceptors (Lipinski definition) is 10. The third kappa shape index (κ3) is 9.44. The number of hydrogen-bond donors (Lipinski definition) is 1. The highest BCUT2D eigenvalue weighted by atomic mass is 32.2. The van der Waals surface area contributed by atoms with E-state index in [2.05, 4.69) is 10.3 Å². The van der Waals surface area contributed by atoms with Gasteiger partial charge >= 0.3 is 12.1 Å². The molecule has 1 atom stereocenters. The van der Waals surface area contributed by atoms with Crippen LogP contribution in [0.25, 0.3) is 0 Å². The summed E-state index contributed by atoms with van der Waals surface area (Å²) >= 11 is 0. The van der Waals surface area contributed by atoms with Crippen molar-refractivity contribution in [3.8, 4) is 5.75 Å². The summed E-state index contributed by atoms with van der Waals surface area (Å²) in [6, 6.07) is 5.58. The zero-order valence-corrected chi connectivity index (χ0v) is 27.4. The molecule has 0 unspecified atom stereocenters. The van der Waals surface area contributed by atoms with Crippen LogP contribution in [0.5, 0.6) is 5.75 Å². The van der Waals surface area contributed by atoms with Crippen molar-refractivity contribution in [1.29, 1.82) is 0 Å². The Bertz CT molecular complexity index is 1350. The Labute approximate surface area is 255 Å². The number of ether oxygens (including phenoxy) is 2. The molecule has 1 N–H and O–H groups in total. The van der Waals surface area contributed by atoms with Crippen LogP contribution < -0.4 is 19.3 Å². The zero-order chi connectivity index (χ0) is 31.9. The molecule has 3 rings (SSSR count). The molecule has 1 aliphatic rings. The maximum atomic E-state index is 13.5. The molecule has 1 aliphatic heterocycles. The molecule has 2 aromatic rings. The van der Waals surface area contributed by atoms with Gasteiger partial charge in [-0.1, -0.05) is 12.1 Å². The minimum Gasteiger partial charge on any atom is -0.458 e. The standard InChI is InChI=1S/C30H46N6O6S/c1-9-34(10-2)28-31-20-25(36(21(3)4)43(8,39)40)26(33-28)32-24(27(37)42-30(5,6)7)19-22-13-15-23(16-14-22)41-29(38)35-17-11-12-18-35/h13-16,20-21,24H,9-12,17-19H2,1-8H3,(H,31,32,33)/t24-/m0/s1. The number of nitrogens with one attached hydrogen (secondary N) is 1. The van der Waals surface area contributed by atoms with Gasteiger partial charge in [0.15, 0.2) is 5.82 Å². The fourth-order valence-corrected chi connectivity index (χ4v) is 6.11. The molecule has 43 heavy (non-hydrogen) atoms. The highest BCUT2D eigenvalue weighted by Gasteiger charge is 2.31. The van der Waals surface area contributed by atoms with E-state index in [0.29, 0.717) is 37.9 Å². The maximum absolute atomic E-state index is 13.5. The molecule has 0 saturated carbocycles. The third-order valence-electron chi connectivity index (χ3n) is 6.80. The number of benzene rings is 1. The quantitative estimate of drug-likeness (QED) is 0.340. The van der Waals surface area contributed by atoms with Crippen LogP contribution >= 0.6 is 0 Å². The van der Waals surface area contributed by atoms with Crippen molar-refractivity contribution in [2.75, 3.05) is 47.0 Å². The fourth-order valence-electron chi connectivity index (χ4n) is 4.86. The first kappa shape index (κ1) is 33.9. The first-order valence-electron chi connectivity index (χ1n) is 14.8. The number of sulfonamides is 1. The number of rotatable bonds is 12. The normalized spacial score (nSPS) is 14.4. The molecule has 12 nitrogen and oxygen atoms in total. The van der Waals surface area contributed by atoms with E-state index in [1.807, 2.05) is 18.7 Å². The topological polar surface area (TPSA) is 134 Å². The third-order valence-corrected chi connectivity index (χ3v) is 8.13. The van der Waals surface area contributed by atoms with Crippen LogP contribution in [0.4, 0.5) is 22.2 Å². The van der Waals surface area contributed by atoms with Crippen LogP contribution in [0.15, 0.2) is 30.5 Å². The van der Waals surface area contributed by atoms with Gasteiger partial charge in [0.25, 0.3) is 0 Å². The van der Waals surface area contributed by atoms with Crippen molar-refractivity contribution in [3.63, 3.8) is 0 Å². The van der Waals surface area contributed by atoms with E-state index in [-0.39, 0.29) is 24.0 Å². The number of amides is 1. The number of esters is 1. The largest absolute Gasteiger partial charge is 0.458 e. The van der Waals surface area contributed by atoms with Gasteiger partial charge in [-0.25, -0.2) is 23.0 Å². The van der Waals surface area contributed by atoms with Crippen LogP contribution in [-0.2, 0) is 26.0 Å². The Morgan fingerprint density at radius 2 is 1.67 bits per heavy atom. The first-order chi connectivity index (χ1) is 20.1. The Balaban J connectivity index is 1.98. The summed E-state index contributed by atoms with van der Waals surface area (Å²) in [6.45, 7) is 15.5. The molecular formula is C30H46N6O6S. The second kappa shape index (κ2) is 14.2. The van der Waals surface area contributed by atoms with E-state index in [0.717, 1.165) is 24.7 Å². The van der Waals surface area contributed by atoms with Crippen LogP contribution in [0, 0.1) is 0 Å². The van der Waals surface area contributed by atoms with Gasteiger partial charge < -0.3 is 24.6 Å². The lowest BCUT2D eigenvalue weighted by Crippen LogP contribution is -2.40. The lowest BCUT2D eigenvalue weighted by molar-refractivity contribution is -0.155. The molecule has 13 heteroatoms. The van der Waals surface area contributed by atoms with Crippen LogP contribution in [0.1, 0.15) is 66.9 Å². The van der Waals surface area contributed by atoms with Gasteiger partial charge in [0, 0.05) is 38.6 Å². The lowest BCUT2D eigenvalue weighted by atomic mass is 10.0. The summed E-state index contributed by atoms with van der Waals surface area (Å²) in [5.41, 5.74) is 0.237. The zero-order valence-electron chi connectivity index (χ0n) is 26.6. The Morgan fingerprint density at radius 3 is 2.19 bits per heavy atom. The highest BCUT2D eigenvalue weighted by molar-refractivity contribution is 7.92. The Hall–Kier alpha value is -3.61. The van der Waals surface area contributed by atoms with Crippen molar-refractivity contribution in [3.05, 3.63) is 36.0 Å². The number of nitrogens with zero attached hydrogens (tertiary/aromatic N) is 5. The molecular weight excluding hydrogens is 572 g/mol. The molecule has 0 aliphatic carbocycles. The smallest absolute Gasteiger partial charge is 0.415 e. The van der Waals surface area contributed by atoms with Gasteiger partial charge in [-0.05, 0) is 79.0 Å². The van der Waals surface area contributed by atoms with E-state index in [1.165, 1.54) is 10.5 Å². The van der Waals surface area contributed by atoms with Gasteiger partial charge in [-0.3, -0.25) is 4.31 Å². The van der Waals surface area contributed by atoms with Crippen LogP contribution in [0.3, 0.4) is 0 Å². The van der Waals surface area contributed by atoms with E-state index >= 15 is 0 Å². The van der Waals surface area contributed by atoms with E-state index in [9.17, 15) is 18.0 Å². The number of carbonyl (C=O) groups excluding carboxylic acids is 2. The predicted octanol–water partition coefficient (Wildman–Crippen LogP) is 4.46. The van der Waals surface area contributed by atoms with Gasteiger partial charge in [-0.2, -0.15) is 4.98 Å². The van der Waals surface area contributed by atoms with Crippen LogP contribution in [-0.4, -0.2) is 85.5 Å². The van der Waals surface area contributed by atoms with Crippen molar-refractivity contribution < 1.29 is 27.5 Å². The Morgan fingerprint density at radius 1 is 1.07 bits per heavy atom. The molecule has 238 valence electrons. The molecule has 1 aromatic carbocycles. The van der Waals surface area contributed by atoms with Gasteiger partial charge in [0.1, 0.15) is 23.1 Å². The second-order valence-electron chi connectivity index (χ2n) is 11.9. The van der Waals surface area contributed by atoms with E-state index in [1.54, 1.807) is 63.8 Å². The summed E-state index contributed by atoms with van der Waals surface area (Å²) in [5, 5.41) is 3.20. The molecule has 0 spiro atoms. The highest BCUT2D eigenvalue weighted by Crippen LogP contribution is 2.31. The van der Waals surface area contributed by atoms with Crippen molar-refractivity contribution >= 4 is 39.5 Å². The summed E-state index contributed by atoms with van der Waals surface area (Å²) < 4.78 is 38.2. The average Bonchev–Trinajstić information content (AvgIpc) is 3.45. The monoisotopic (exact) mass is 618 g/mol. The maximum Gasteiger partial charge on any atom is 0.415 e. The molecule has 1 fully saturated rings. The first-order valence-corrected chi connectivity index (χ1v) is 16.6. The average molecular weight is 619 g/mol. The molecule has 1 amide bonds. The molecule has 2 heterocycles. The molecule has 0 bridgehead atoms. The van der Waals surface area contributed by atoms with Crippen molar-refractivity contribution in [2.24, 2.45) is 0 Å². The van der Waals surface area contributed by atoms with Gasteiger partial charge in [0.2, 0.25) is 16.0 Å². The summed E-state index contributed by atoms with van der Waals surface area (Å²) in [4.78, 5) is 38.7. The van der Waals surface area contributed by atoms with E-state index < -0.39 is 33.7 Å². The fraction of sp³-hybridized carbons (Fsp3) is 0.600. The summed E-state index contributed by atoms with van der Waals surface area (Å²) in [6.07, 6.45) is 4.35. The Kier molecular flexibility index (Phi) is 11.2. The summed E-state index contributed by atoms with van der Waals surface area (Å²) in [7, 11) is -3.71. The van der Waals surface area contributed by atoms with Gasteiger partial charge in [-0.15, -0.1) is 0 Å². The lowest BCUT2D eigenvalue weighted by Gasteiger charge is -2.30. The number of carbonyl (C=O) groups is 2. The van der Waals surface area contributed by atoms with E-state index in [4.69, 9.17) is 14.5 Å². The minimum atomic E-state index is -3.71. The minimum absolute atomic E-state index is 0.194. The predicted molar refractivity (Wildman–Crippen MR) is 168 cm³/mol. The van der Waals surface area contributed by atoms with Crippen molar-refractivity contribution in [2.45, 2.75) is 85.4 Å². The molecule has 1 saturated heterocycles. The SMILES string of the molecule is CCN(CC)c1ncc(N(C(C)C)S(C)(=O)=O)c(N[C@@H](Cc2ccc(OC(=O)N3CCCC3)cc2)C(=O)OC(C)(C)C)n1. The van der Waals surface area contributed by atoms with Crippen LogP contribution in [0.2, 0.25) is 0 Å². The summed E-state index contributed by atoms with van der Waals surface area (Å²) in [5.74, 6) is 0.482. The number of likely N-dealkylation sites (tertiary alicyclic amines) is 1. The van der Waals surface area contributed by atoms with Gasteiger partial charge in [0.05, 0.1) is 12.5 Å². The second-order valence-corrected chi connectivity index (χ2v) is 13.7.